The number of hydrogen-bond donors (Lipinski definition) is 0. The maximum atomic E-state index is 11.8. The molecular formula is C15H13O3. The molecular weight excluding hydrogens is 228 g/mol. The summed E-state index contributed by atoms with van der Waals surface area (Å²) in [6, 6.07) is 18.6. The lowest BCUT2D eigenvalue weighted by Crippen LogP contribution is -1.99. The maximum Gasteiger partial charge on any atom is 0.352 e. The molecule has 3 nitrogen and oxygen atoms in total. The van der Waals surface area contributed by atoms with Crippen molar-refractivity contribution in [2.24, 2.45) is 0 Å². The first kappa shape index (κ1) is 13.6. The van der Waals surface area contributed by atoms with E-state index in [9.17, 15) is 4.79 Å². The van der Waals surface area contributed by atoms with Crippen LogP contribution in [-0.4, -0.2) is 11.8 Å². The SMILES string of the molecule is CC([O])=O.O=C(c1ccccc1)c1ccccc1. The quantitative estimate of drug-likeness (QED) is 0.759. The van der Waals surface area contributed by atoms with Crippen molar-refractivity contribution >= 4 is 11.8 Å². The van der Waals surface area contributed by atoms with Crippen LogP contribution in [0, 0.1) is 0 Å². The van der Waals surface area contributed by atoms with E-state index in [1.807, 2.05) is 60.7 Å². The molecule has 0 unspecified atom stereocenters. The van der Waals surface area contributed by atoms with Gasteiger partial charge < -0.3 is 0 Å². The lowest BCUT2D eigenvalue weighted by Gasteiger charge is -1.99. The molecule has 2 aromatic carbocycles. The van der Waals surface area contributed by atoms with Crippen molar-refractivity contribution in [1.29, 1.82) is 0 Å². The monoisotopic (exact) mass is 241 g/mol. The highest BCUT2D eigenvalue weighted by molar-refractivity contribution is 6.08. The molecule has 0 amide bonds. The smallest absolute Gasteiger partial charge is 0.289 e. The zero-order valence-electron chi connectivity index (χ0n) is 10.00. The standard InChI is InChI=1S/C13H10O.C2H3O2/c14-13(11-7-3-1-4-8-11)12-9-5-2-6-10-12;1-2(3)4/h1-10H;1H3. The number of benzene rings is 2. The van der Waals surface area contributed by atoms with Gasteiger partial charge in [-0.05, 0) is 0 Å². The second-order valence-corrected chi connectivity index (χ2v) is 3.55. The number of hydrogen-bond acceptors (Lipinski definition) is 2. The molecule has 0 aromatic heterocycles. The van der Waals surface area contributed by atoms with Gasteiger partial charge in [0.1, 0.15) is 0 Å². The predicted molar refractivity (Wildman–Crippen MR) is 67.7 cm³/mol. The van der Waals surface area contributed by atoms with E-state index in [0.717, 1.165) is 18.1 Å². The van der Waals surface area contributed by atoms with Gasteiger partial charge in [-0.2, -0.15) is 0 Å². The minimum Gasteiger partial charge on any atom is -0.289 e. The fourth-order valence-electron chi connectivity index (χ4n) is 1.35. The Morgan fingerprint density at radius 1 is 0.722 bits per heavy atom. The van der Waals surface area contributed by atoms with E-state index in [4.69, 9.17) is 9.90 Å². The second kappa shape index (κ2) is 7.01. The summed E-state index contributed by atoms with van der Waals surface area (Å²) in [5.74, 6) is -1.01. The molecule has 0 heterocycles. The van der Waals surface area contributed by atoms with Gasteiger partial charge in [-0.1, -0.05) is 60.7 Å². The average Bonchev–Trinajstić information content (AvgIpc) is 2.39. The molecule has 0 atom stereocenters. The van der Waals surface area contributed by atoms with Crippen LogP contribution in [0.2, 0.25) is 0 Å². The summed E-state index contributed by atoms with van der Waals surface area (Å²) in [7, 11) is 0. The molecule has 3 heteroatoms. The van der Waals surface area contributed by atoms with Crippen LogP contribution in [0.5, 0.6) is 0 Å². The van der Waals surface area contributed by atoms with Crippen LogP contribution in [0.1, 0.15) is 22.8 Å². The summed E-state index contributed by atoms with van der Waals surface area (Å²) < 4.78 is 0. The van der Waals surface area contributed by atoms with Crippen molar-refractivity contribution in [2.45, 2.75) is 6.92 Å². The van der Waals surface area contributed by atoms with Crippen molar-refractivity contribution in [3.63, 3.8) is 0 Å². The van der Waals surface area contributed by atoms with Gasteiger partial charge >= 0.3 is 5.97 Å². The molecule has 0 spiro atoms. The van der Waals surface area contributed by atoms with Gasteiger partial charge in [0.2, 0.25) is 0 Å². The number of carbonyl (C=O) groups excluding carboxylic acids is 2. The summed E-state index contributed by atoms with van der Waals surface area (Å²) in [6.07, 6.45) is 0. The van der Waals surface area contributed by atoms with Crippen molar-refractivity contribution in [3.8, 4) is 0 Å². The largest absolute Gasteiger partial charge is 0.352 e. The molecule has 0 saturated carbocycles. The first-order chi connectivity index (χ1) is 8.61. The number of ketones is 1. The first-order valence-electron chi connectivity index (χ1n) is 5.43. The fourth-order valence-corrected chi connectivity index (χ4v) is 1.35. The van der Waals surface area contributed by atoms with Crippen molar-refractivity contribution in [3.05, 3.63) is 71.8 Å². The van der Waals surface area contributed by atoms with Crippen molar-refractivity contribution in [2.75, 3.05) is 0 Å². The van der Waals surface area contributed by atoms with Gasteiger partial charge in [0.25, 0.3) is 0 Å². The van der Waals surface area contributed by atoms with Crippen LogP contribution in [-0.2, 0) is 9.90 Å². The van der Waals surface area contributed by atoms with Crippen LogP contribution < -0.4 is 0 Å². The Hall–Kier alpha value is -2.42. The van der Waals surface area contributed by atoms with Crippen LogP contribution >= 0.6 is 0 Å². The molecule has 18 heavy (non-hydrogen) atoms. The molecule has 0 aliphatic heterocycles. The van der Waals surface area contributed by atoms with Crippen molar-refractivity contribution in [1.82, 2.24) is 0 Å². The molecule has 0 N–H and O–H groups in total. The summed E-state index contributed by atoms with van der Waals surface area (Å²) in [4.78, 5) is 20.7. The lowest BCUT2D eigenvalue weighted by atomic mass is 10.0. The first-order valence-corrected chi connectivity index (χ1v) is 5.43. The lowest BCUT2D eigenvalue weighted by molar-refractivity contribution is -0.140. The van der Waals surface area contributed by atoms with E-state index in [0.29, 0.717) is 0 Å². The van der Waals surface area contributed by atoms with E-state index >= 15 is 0 Å². The Morgan fingerprint density at radius 2 is 1.00 bits per heavy atom. The number of rotatable bonds is 2. The Morgan fingerprint density at radius 3 is 1.28 bits per heavy atom. The Labute approximate surface area is 106 Å². The predicted octanol–water partition coefficient (Wildman–Crippen LogP) is 2.88. The highest BCUT2D eigenvalue weighted by Crippen LogP contribution is 2.08. The van der Waals surface area contributed by atoms with E-state index < -0.39 is 5.97 Å². The number of carbonyl (C=O) groups is 2. The molecule has 0 aliphatic carbocycles. The zero-order valence-corrected chi connectivity index (χ0v) is 10.00. The summed E-state index contributed by atoms with van der Waals surface area (Å²) in [5.41, 5.74) is 1.47. The Kier molecular flexibility index (Phi) is 5.32. The van der Waals surface area contributed by atoms with Gasteiger partial charge in [0, 0.05) is 18.1 Å². The third-order valence-corrected chi connectivity index (χ3v) is 2.07. The van der Waals surface area contributed by atoms with Crippen molar-refractivity contribution < 1.29 is 14.7 Å². The topological polar surface area (TPSA) is 54.0 Å². The van der Waals surface area contributed by atoms with E-state index in [-0.39, 0.29) is 5.78 Å². The van der Waals surface area contributed by atoms with Crippen LogP contribution in [0.25, 0.3) is 0 Å². The Bertz CT molecular complexity index is 458. The molecule has 0 bridgehead atoms. The van der Waals surface area contributed by atoms with Crippen LogP contribution in [0.15, 0.2) is 60.7 Å². The molecule has 0 aliphatic rings. The maximum absolute atomic E-state index is 11.8. The summed E-state index contributed by atoms with van der Waals surface area (Å²) in [5, 5.41) is 8.89. The molecule has 0 saturated heterocycles. The average molecular weight is 241 g/mol. The van der Waals surface area contributed by atoms with E-state index in [1.54, 1.807) is 0 Å². The third kappa shape index (κ3) is 4.61. The Balaban J connectivity index is 0.000000357. The minimum absolute atomic E-state index is 0.0752. The molecule has 1 radical (unpaired) electrons. The zero-order chi connectivity index (χ0) is 13.4. The third-order valence-electron chi connectivity index (χ3n) is 2.07. The molecule has 0 fully saturated rings. The molecule has 2 rings (SSSR count). The second-order valence-electron chi connectivity index (χ2n) is 3.55. The van der Waals surface area contributed by atoms with E-state index in [2.05, 4.69) is 0 Å². The highest BCUT2D eigenvalue weighted by Gasteiger charge is 2.06. The molecule has 91 valence electrons. The minimum atomic E-state index is -1.08. The normalized spacial score (nSPS) is 8.94. The fraction of sp³-hybridized carbons (Fsp3) is 0.0667. The van der Waals surface area contributed by atoms with Gasteiger partial charge in [0.05, 0.1) is 0 Å². The van der Waals surface area contributed by atoms with Gasteiger partial charge in [-0.15, -0.1) is 0 Å². The van der Waals surface area contributed by atoms with Gasteiger partial charge in [-0.3, -0.25) is 4.79 Å². The van der Waals surface area contributed by atoms with Gasteiger partial charge in [-0.25, -0.2) is 9.90 Å². The van der Waals surface area contributed by atoms with Crippen LogP contribution in [0.4, 0.5) is 0 Å². The van der Waals surface area contributed by atoms with Crippen LogP contribution in [0.3, 0.4) is 0 Å². The highest BCUT2D eigenvalue weighted by atomic mass is 16.4. The summed E-state index contributed by atoms with van der Waals surface area (Å²) >= 11 is 0. The molecule has 2 aromatic rings. The summed E-state index contributed by atoms with van der Waals surface area (Å²) in [6.45, 7) is 0.972. The van der Waals surface area contributed by atoms with E-state index in [1.165, 1.54) is 0 Å². The van der Waals surface area contributed by atoms with Gasteiger partial charge in [0.15, 0.2) is 5.78 Å².